The molecule has 1 atom stereocenters. The maximum absolute atomic E-state index is 12.7. The predicted molar refractivity (Wildman–Crippen MR) is 100 cm³/mol. The van der Waals surface area contributed by atoms with Gasteiger partial charge in [0.05, 0.1) is 18.3 Å². The molecule has 1 N–H and O–H groups in total. The van der Waals surface area contributed by atoms with Gasteiger partial charge in [0, 0.05) is 6.54 Å². The lowest BCUT2D eigenvalue weighted by Crippen LogP contribution is -2.32. The number of hydrogen-bond donors (Lipinski definition) is 1. The fourth-order valence-corrected chi connectivity index (χ4v) is 3.90. The van der Waals surface area contributed by atoms with Gasteiger partial charge in [0.15, 0.2) is 0 Å². The van der Waals surface area contributed by atoms with Crippen molar-refractivity contribution < 1.29 is 27.9 Å². The zero-order chi connectivity index (χ0) is 19.6. The molecular weight excluding hydrogens is 357 g/mol. The Morgan fingerprint density at radius 2 is 1.62 bits per heavy atom. The topological polar surface area (TPSA) is 83.1 Å². The molecule has 7 nitrogen and oxygen atoms in total. The number of amides is 1. The summed E-state index contributed by atoms with van der Waals surface area (Å²) in [7, 11) is -3.35. The van der Waals surface area contributed by atoms with Crippen LogP contribution in [0.2, 0.25) is 0 Å². The van der Waals surface area contributed by atoms with Crippen molar-refractivity contribution in [3.05, 3.63) is 35.9 Å². The maximum atomic E-state index is 12.7. The molecule has 1 aromatic rings. The van der Waals surface area contributed by atoms with Crippen molar-refractivity contribution in [2.45, 2.75) is 59.5 Å². The lowest BCUT2D eigenvalue weighted by Gasteiger charge is -2.24. The minimum Gasteiger partial charge on any atom is -0.445 e. The van der Waals surface area contributed by atoms with Gasteiger partial charge >= 0.3 is 13.7 Å². The van der Waals surface area contributed by atoms with Crippen LogP contribution in [0.25, 0.3) is 0 Å². The molecule has 0 unspecified atom stereocenters. The number of rotatable bonds is 11. The Hall–Kier alpha value is -1.40. The van der Waals surface area contributed by atoms with E-state index in [9.17, 15) is 9.36 Å². The lowest BCUT2D eigenvalue weighted by atomic mass is 10.2. The van der Waals surface area contributed by atoms with Gasteiger partial charge in [0.1, 0.15) is 13.0 Å². The van der Waals surface area contributed by atoms with Crippen molar-refractivity contribution in [2.75, 3.05) is 12.9 Å². The largest absolute Gasteiger partial charge is 0.445 e. The zero-order valence-corrected chi connectivity index (χ0v) is 17.0. The predicted octanol–water partition coefficient (Wildman–Crippen LogP) is 4.32. The van der Waals surface area contributed by atoms with Crippen molar-refractivity contribution in [3.8, 4) is 0 Å². The standard InChI is InChI=1S/C18H30NO6P/c1-14(2)24-26(21,25-15(3)4)13-23-16(5)11-19-18(20)22-12-17-9-7-6-8-10-17/h6-10,14-16H,11-13H2,1-5H3,(H,19,20)/t16-/m1/s1. The summed E-state index contributed by atoms with van der Waals surface area (Å²) < 4.78 is 34.1. The van der Waals surface area contributed by atoms with E-state index in [1.165, 1.54) is 0 Å². The molecule has 0 aliphatic heterocycles. The Balaban J connectivity index is 2.34. The Morgan fingerprint density at radius 1 is 1.04 bits per heavy atom. The molecule has 1 rings (SSSR count). The molecule has 0 spiro atoms. The highest BCUT2D eigenvalue weighted by molar-refractivity contribution is 7.53. The number of nitrogens with one attached hydrogen (secondary N) is 1. The van der Waals surface area contributed by atoms with Gasteiger partial charge in [-0.15, -0.1) is 0 Å². The van der Waals surface area contributed by atoms with E-state index in [0.29, 0.717) is 0 Å². The molecule has 26 heavy (non-hydrogen) atoms. The van der Waals surface area contributed by atoms with E-state index in [1.807, 2.05) is 30.3 Å². The zero-order valence-electron chi connectivity index (χ0n) is 16.1. The third kappa shape index (κ3) is 9.92. The average Bonchev–Trinajstić information content (AvgIpc) is 2.56. The van der Waals surface area contributed by atoms with Gasteiger partial charge in [-0.25, -0.2) is 4.79 Å². The van der Waals surface area contributed by atoms with Crippen LogP contribution in [-0.4, -0.2) is 37.3 Å². The summed E-state index contributed by atoms with van der Waals surface area (Å²) in [6, 6.07) is 9.40. The van der Waals surface area contributed by atoms with Gasteiger partial charge in [-0.1, -0.05) is 30.3 Å². The summed E-state index contributed by atoms with van der Waals surface area (Å²) >= 11 is 0. The van der Waals surface area contributed by atoms with Crippen LogP contribution in [-0.2, 0) is 29.7 Å². The first-order valence-corrected chi connectivity index (χ1v) is 10.4. The molecular formula is C18H30NO6P. The first-order valence-electron chi connectivity index (χ1n) is 8.72. The Kier molecular flexibility index (Phi) is 9.88. The van der Waals surface area contributed by atoms with Crippen LogP contribution >= 0.6 is 7.60 Å². The van der Waals surface area contributed by atoms with Crippen molar-refractivity contribution in [1.82, 2.24) is 5.32 Å². The van der Waals surface area contributed by atoms with Gasteiger partial charge in [0.2, 0.25) is 0 Å². The van der Waals surface area contributed by atoms with Crippen molar-refractivity contribution in [1.29, 1.82) is 0 Å². The van der Waals surface area contributed by atoms with Crippen LogP contribution in [0.5, 0.6) is 0 Å². The lowest BCUT2D eigenvalue weighted by molar-refractivity contribution is 0.0609. The van der Waals surface area contributed by atoms with Gasteiger partial charge in [-0.3, -0.25) is 4.57 Å². The van der Waals surface area contributed by atoms with E-state index >= 15 is 0 Å². The first-order chi connectivity index (χ1) is 12.2. The molecule has 8 heteroatoms. The van der Waals surface area contributed by atoms with E-state index in [1.54, 1.807) is 34.6 Å². The SMILES string of the molecule is CC(C)OP(=O)(CO[C@H](C)CNC(=O)OCc1ccccc1)OC(C)C. The van der Waals surface area contributed by atoms with Crippen LogP contribution < -0.4 is 5.32 Å². The minimum atomic E-state index is -3.35. The van der Waals surface area contributed by atoms with E-state index in [4.69, 9.17) is 18.5 Å². The quantitative estimate of drug-likeness (QED) is 0.570. The summed E-state index contributed by atoms with van der Waals surface area (Å²) in [5.41, 5.74) is 0.907. The molecule has 0 aliphatic rings. The third-order valence-corrected chi connectivity index (χ3v) is 4.96. The molecule has 148 valence electrons. The Morgan fingerprint density at radius 3 is 2.15 bits per heavy atom. The van der Waals surface area contributed by atoms with Crippen LogP contribution in [0.1, 0.15) is 40.2 Å². The van der Waals surface area contributed by atoms with Gasteiger partial charge in [-0.05, 0) is 40.2 Å². The minimum absolute atomic E-state index is 0.175. The highest BCUT2D eigenvalue weighted by Crippen LogP contribution is 2.50. The highest BCUT2D eigenvalue weighted by Gasteiger charge is 2.29. The second-order valence-electron chi connectivity index (χ2n) is 6.47. The van der Waals surface area contributed by atoms with Gasteiger partial charge in [-0.2, -0.15) is 0 Å². The fourth-order valence-electron chi connectivity index (χ4n) is 2.01. The van der Waals surface area contributed by atoms with E-state index < -0.39 is 13.7 Å². The number of carbonyl (C=O) groups excluding carboxylic acids is 1. The molecule has 0 fully saturated rings. The molecule has 0 aliphatic carbocycles. The summed E-state index contributed by atoms with van der Waals surface area (Å²) in [5, 5.41) is 2.61. The summed E-state index contributed by atoms with van der Waals surface area (Å²) in [6.45, 7) is 9.30. The van der Waals surface area contributed by atoms with Crippen molar-refractivity contribution in [3.63, 3.8) is 0 Å². The number of hydrogen-bond acceptors (Lipinski definition) is 6. The number of carbonyl (C=O) groups is 1. The molecule has 0 bridgehead atoms. The molecule has 0 saturated heterocycles. The smallest absolute Gasteiger partial charge is 0.407 e. The third-order valence-electron chi connectivity index (χ3n) is 3.01. The normalized spacial score (nSPS) is 13.0. The van der Waals surface area contributed by atoms with Crippen LogP contribution in [0.3, 0.4) is 0 Å². The van der Waals surface area contributed by atoms with Crippen LogP contribution in [0.4, 0.5) is 4.79 Å². The summed E-state index contributed by atoms with van der Waals surface area (Å²) in [6.07, 6.45) is -1.58. The van der Waals surface area contributed by atoms with Crippen molar-refractivity contribution in [2.24, 2.45) is 0 Å². The second kappa shape index (κ2) is 11.3. The molecule has 1 amide bonds. The number of alkyl carbamates (subject to hydrolysis) is 1. The van der Waals surface area contributed by atoms with Gasteiger partial charge < -0.3 is 23.8 Å². The monoisotopic (exact) mass is 387 g/mol. The number of benzene rings is 1. The second-order valence-corrected chi connectivity index (χ2v) is 8.37. The van der Waals surface area contributed by atoms with E-state index in [-0.39, 0.29) is 37.8 Å². The van der Waals surface area contributed by atoms with E-state index in [0.717, 1.165) is 5.56 Å². The molecule has 0 saturated carbocycles. The Labute approximate surface area is 155 Å². The van der Waals surface area contributed by atoms with Crippen LogP contribution in [0.15, 0.2) is 30.3 Å². The average molecular weight is 387 g/mol. The summed E-state index contributed by atoms with van der Waals surface area (Å²) in [5.74, 6) is 0. The number of ether oxygens (including phenoxy) is 2. The first kappa shape index (κ1) is 22.6. The van der Waals surface area contributed by atoms with Gasteiger partial charge in [0.25, 0.3) is 0 Å². The molecule has 0 aromatic heterocycles. The highest BCUT2D eigenvalue weighted by atomic mass is 31.2. The van der Waals surface area contributed by atoms with E-state index in [2.05, 4.69) is 5.32 Å². The summed E-state index contributed by atoms with van der Waals surface area (Å²) in [4.78, 5) is 11.7. The van der Waals surface area contributed by atoms with Crippen LogP contribution in [0, 0.1) is 0 Å². The fraction of sp³-hybridized carbons (Fsp3) is 0.611. The molecule has 1 aromatic carbocycles. The molecule has 0 heterocycles. The maximum Gasteiger partial charge on any atom is 0.407 e. The van der Waals surface area contributed by atoms with Crippen molar-refractivity contribution >= 4 is 13.7 Å². The Bertz CT molecular complexity index is 564. The molecule has 0 radical (unpaired) electrons.